The van der Waals surface area contributed by atoms with E-state index < -0.39 is 0 Å². The number of anilines is 1. The normalized spacial score (nSPS) is 10.4. The van der Waals surface area contributed by atoms with Crippen molar-refractivity contribution in [3.63, 3.8) is 0 Å². The SMILES string of the molecule is Nc1nc(CCCc2ccc([N+](=O)[O-])cc2)cs1. The van der Waals surface area contributed by atoms with E-state index in [1.807, 2.05) is 5.38 Å². The number of hydrogen-bond donors (Lipinski definition) is 1. The lowest BCUT2D eigenvalue weighted by molar-refractivity contribution is -0.384. The van der Waals surface area contributed by atoms with Crippen LogP contribution in [0.2, 0.25) is 0 Å². The van der Waals surface area contributed by atoms with Crippen molar-refractivity contribution in [2.45, 2.75) is 19.3 Å². The van der Waals surface area contributed by atoms with Crippen LogP contribution in [-0.4, -0.2) is 9.91 Å². The van der Waals surface area contributed by atoms with Gasteiger partial charge in [-0.05, 0) is 24.8 Å². The maximum absolute atomic E-state index is 10.5. The first-order valence-electron chi connectivity index (χ1n) is 5.58. The van der Waals surface area contributed by atoms with E-state index in [-0.39, 0.29) is 10.6 Å². The molecule has 0 spiro atoms. The van der Waals surface area contributed by atoms with E-state index in [2.05, 4.69) is 4.98 Å². The molecule has 94 valence electrons. The van der Waals surface area contributed by atoms with Crippen LogP contribution in [0.15, 0.2) is 29.6 Å². The summed E-state index contributed by atoms with van der Waals surface area (Å²) in [5.74, 6) is 0. The highest BCUT2D eigenvalue weighted by atomic mass is 32.1. The summed E-state index contributed by atoms with van der Waals surface area (Å²) in [6, 6.07) is 6.67. The lowest BCUT2D eigenvalue weighted by Crippen LogP contribution is -1.92. The van der Waals surface area contributed by atoms with Crippen LogP contribution >= 0.6 is 11.3 Å². The molecule has 2 aromatic rings. The molecule has 2 N–H and O–H groups in total. The summed E-state index contributed by atoms with van der Waals surface area (Å²) >= 11 is 1.45. The molecule has 0 bridgehead atoms. The van der Waals surface area contributed by atoms with E-state index >= 15 is 0 Å². The van der Waals surface area contributed by atoms with Gasteiger partial charge < -0.3 is 5.73 Å². The summed E-state index contributed by atoms with van der Waals surface area (Å²) in [5, 5.41) is 13.1. The number of nitro groups is 1. The van der Waals surface area contributed by atoms with Gasteiger partial charge in [-0.1, -0.05) is 12.1 Å². The Hall–Kier alpha value is -1.95. The van der Waals surface area contributed by atoms with Gasteiger partial charge in [-0.3, -0.25) is 10.1 Å². The van der Waals surface area contributed by atoms with Crippen molar-refractivity contribution in [2.24, 2.45) is 0 Å². The number of aromatic nitrogens is 1. The molecule has 1 aromatic heterocycles. The van der Waals surface area contributed by atoms with Crippen molar-refractivity contribution in [3.8, 4) is 0 Å². The number of nitrogens with two attached hydrogens (primary N) is 1. The lowest BCUT2D eigenvalue weighted by atomic mass is 10.1. The maximum atomic E-state index is 10.5. The van der Waals surface area contributed by atoms with Gasteiger partial charge in [0.1, 0.15) is 0 Å². The summed E-state index contributed by atoms with van der Waals surface area (Å²) in [6.45, 7) is 0. The first kappa shape index (κ1) is 12.5. The molecule has 1 aromatic carbocycles. The van der Waals surface area contributed by atoms with Crippen LogP contribution in [0.5, 0.6) is 0 Å². The van der Waals surface area contributed by atoms with Gasteiger partial charge in [-0.25, -0.2) is 4.98 Å². The largest absolute Gasteiger partial charge is 0.375 e. The molecule has 18 heavy (non-hydrogen) atoms. The van der Waals surface area contributed by atoms with E-state index in [4.69, 9.17) is 5.73 Å². The fourth-order valence-corrected chi connectivity index (χ4v) is 2.29. The average molecular weight is 263 g/mol. The van der Waals surface area contributed by atoms with E-state index in [9.17, 15) is 10.1 Å². The molecule has 1 heterocycles. The van der Waals surface area contributed by atoms with Crippen LogP contribution in [0, 0.1) is 10.1 Å². The van der Waals surface area contributed by atoms with Crippen molar-refractivity contribution < 1.29 is 4.92 Å². The molecule has 0 aliphatic carbocycles. The molecule has 2 rings (SSSR count). The highest BCUT2D eigenvalue weighted by molar-refractivity contribution is 7.13. The third-order valence-corrected chi connectivity index (χ3v) is 3.34. The smallest absolute Gasteiger partial charge is 0.269 e. The minimum atomic E-state index is -0.387. The third kappa shape index (κ3) is 3.27. The van der Waals surface area contributed by atoms with Crippen molar-refractivity contribution in [2.75, 3.05) is 5.73 Å². The summed E-state index contributed by atoms with van der Waals surface area (Å²) in [4.78, 5) is 14.3. The number of hydrogen-bond acceptors (Lipinski definition) is 5. The number of aryl methyl sites for hydroxylation is 2. The standard InChI is InChI=1S/C12H13N3O2S/c13-12-14-10(8-18-12)3-1-2-9-4-6-11(7-5-9)15(16)17/h4-8H,1-3H2,(H2,13,14). The molecule has 0 aliphatic heterocycles. The minimum Gasteiger partial charge on any atom is -0.375 e. The van der Waals surface area contributed by atoms with Gasteiger partial charge in [0.15, 0.2) is 5.13 Å². The van der Waals surface area contributed by atoms with Crippen LogP contribution in [0.4, 0.5) is 10.8 Å². The number of non-ortho nitro benzene ring substituents is 1. The molecule has 0 fully saturated rings. The highest BCUT2D eigenvalue weighted by Crippen LogP contribution is 2.16. The monoisotopic (exact) mass is 263 g/mol. The van der Waals surface area contributed by atoms with E-state index in [0.717, 1.165) is 30.5 Å². The number of benzene rings is 1. The van der Waals surface area contributed by atoms with Crippen molar-refractivity contribution in [1.29, 1.82) is 0 Å². The van der Waals surface area contributed by atoms with Gasteiger partial charge >= 0.3 is 0 Å². The number of thiazole rings is 1. The molecule has 0 saturated heterocycles. The topological polar surface area (TPSA) is 82.0 Å². The van der Waals surface area contributed by atoms with Crippen molar-refractivity contribution in [1.82, 2.24) is 4.98 Å². The second-order valence-electron chi connectivity index (χ2n) is 3.95. The summed E-state index contributed by atoms with van der Waals surface area (Å²) < 4.78 is 0. The predicted molar refractivity (Wildman–Crippen MR) is 71.6 cm³/mol. The Bertz CT molecular complexity index is 537. The van der Waals surface area contributed by atoms with Gasteiger partial charge in [-0.2, -0.15) is 0 Å². The molecule has 0 saturated carbocycles. The first-order chi connectivity index (χ1) is 8.65. The van der Waals surface area contributed by atoms with Gasteiger partial charge in [-0.15, -0.1) is 11.3 Å². The second-order valence-corrected chi connectivity index (χ2v) is 4.84. The number of nitro benzene ring substituents is 1. The fourth-order valence-electron chi connectivity index (χ4n) is 1.70. The molecule has 0 atom stereocenters. The van der Waals surface area contributed by atoms with Crippen molar-refractivity contribution >= 4 is 22.2 Å². The zero-order valence-electron chi connectivity index (χ0n) is 9.70. The number of rotatable bonds is 5. The lowest BCUT2D eigenvalue weighted by Gasteiger charge is -2.00. The number of nitrogen functional groups attached to an aromatic ring is 1. The summed E-state index contributed by atoms with van der Waals surface area (Å²) in [7, 11) is 0. The van der Waals surface area contributed by atoms with Gasteiger partial charge in [0.05, 0.1) is 10.6 Å². The van der Waals surface area contributed by atoms with Crippen molar-refractivity contribution in [3.05, 3.63) is 51.0 Å². The molecule has 6 heteroatoms. The Labute approximate surface area is 108 Å². The minimum absolute atomic E-state index is 0.131. The third-order valence-electron chi connectivity index (χ3n) is 2.62. The first-order valence-corrected chi connectivity index (χ1v) is 6.46. The Morgan fingerprint density at radius 3 is 2.56 bits per heavy atom. The predicted octanol–water partition coefficient (Wildman–Crippen LogP) is 2.81. The Kier molecular flexibility index (Phi) is 3.88. The quantitative estimate of drug-likeness (QED) is 0.664. The maximum Gasteiger partial charge on any atom is 0.269 e. The van der Waals surface area contributed by atoms with E-state index in [1.165, 1.54) is 23.5 Å². The van der Waals surface area contributed by atoms with Gasteiger partial charge in [0.2, 0.25) is 0 Å². The van der Waals surface area contributed by atoms with Gasteiger partial charge in [0, 0.05) is 17.5 Å². The Morgan fingerprint density at radius 1 is 1.28 bits per heavy atom. The summed E-state index contributed by atoms with van der Waals surface area (Å²) in [5.41, 5.74) is 7.79. The van der Waals surface area contributed by atoms with E-state index in [1.54, 1.807) is 12.1 Å². The molecule has 5 nitrogen and oxygen atoms in total. The van der Waals surface area contributed by atoms with Gasteiger partial charge in [0.25, 0.3) is 5.69 Å². The Balaban J connectivity index is 1.85. The Morgan fingerprint density at radius 2 is 2.00 bits per heavy atom. The van der Waals surface area contributed by atoms with Crippen LogP contribution in [0.3, 0.4) is 0 Å². The van der Waals surface area contributed by atoms with Crippen LogP contribution in [0.1, 0.15) is 17.7 Å². The molecule has 0 radical (unpaired) electrons. The molecule has 0 unspecified atom stereocenters. The summed E-state index contributed by atoms with van der Waals surface area (Å²) in [6.07, 6.45) is 2.72. The average Bonchev–Trinajstić information content (AvgIpc) is 2.76. The highest BCUT2D eigenvalue weighted by Gasteiger charge is 2.04. The number of nitrogens with zero attached hydrogens (tertiary/aromatic N) is 2. The zero-order chi connectivity index (χ0) is 13.0. The molecular weight excluding hydrogens is 250 g/mol. The van der Waals surface area contributed by atoms with Crippen LogP contribution in [0.25, 0.3) is 0 Å². The fraction of sp³-hybridized carbons (Fsp3) is 0.250. The zero-order valence-corrected chi connectivity index (χ0v) is 10.5. The molecular formula is C12H13N3O2S. The molecule has 0 amide bonds. The van der Waals surface area contributed by atoms with E-state index in [0.29, 0.717) is 5.13 Å². The van der Waals surface area contributed by atoms with Crippen LogP contribution in [-0.2, 0) is 12.8 Å². The second kappa shape index (κ2) is 5.59. The molecule has 0 aliphatic rings. The van der Waals surface area contributed by atoms with Crippen LogP contribution < -0.4 is 5.73 Å².